The molecule has 2 aromatic heterocycles. The molecular weight excluding hydrogens is 421 g/mol. The number of hydrogen-bond donors (Lipinski definition) is 0. The van der Waals surface area contributed by atoms with E-state index in [2.05, 4.69) is 19.7 Å². The Morgan fingerprint density at radius 2 is 1.97 bits per heavy atom. The summed E-state index contributed by atoms with van der Waals surface area (Å²) in [4.78, 5) is 27.2. The van der Waals surface area contributed by atoms with Crippen LogP contribution in [0.4, 0.5) is 18.3 Å². The fourth-order valence-corrected chi connectivity index (χ4v) is 4.20. The van der Waals surface area contributed by atoms with E-state index in [-0.39, 0.29) is 24.1 Å². The minimum atomic E-state index is -4.78. The predicted molar refractivity (Wildman–Crippen MR) is 103 cm³/mol. The van der Waals surface area contributed by atoms with E-state index in [9.17, 15) is 18.0 Å². The monoisotopic (exact) mass is 438 g/mol. The van der Waals surface area contributed by atoms with Crippen LogP contribution in [0.25, 0.3) is 10.2 Å². The molecular formula is C19H17F3N4O3S. The minimum absolute atomic E-state index is 0.104. The molecule has 11 heteroatoms. The SMILES string of the molecule is O=C(C1CCOCC1)N(Cc1cncnc1)c1nc2ccc(OC(F)(F)F)cc2s1. The molecule has 1 aliphatic rings. The Kier molecular flexibility index (Phi) is 5.82. The first-order valence-corrected chi connectivity index (χ1v) is 10.00. The molecule has 4 rings (SSSR count). The van der Waals surface area contributed by atoms with E-state index in [1.165, 1.54) is 24.5 Å². The Morgan fingerprint density at radius 3 is 2.67 bits per heavy atom. The average Bonchev–Trinajstić information content (AvgIpc) is 3.15. The molecule has 158 valence electrons. The second kappa shape index (κ2) is 8.52. The lowest BCUT2D eigenvalue weighted by atomic mass is 9.98. The zero-order chi connectivity index (χ0) is 21.1. The number of anilines is 1. The van der Waals surface area contributed by atoms with Crippen LogP contribution in [0.2, 0.25) is 0 Å². The smallest absolute Gasteiger partial charge is 0.406 e. The summed E-state index contributed by atoms with van der Waals surface area (Å²) < 4.78 is 47.4. The van der Waals surface area contributed by atoms with Gasteiger partial charge in [0.05, 0.1) is 16.8 Å². The largest absolute Gasteiger partial charge is 0.573 e. The van der Waals surface area contributed by atoms with Crippen LogP contribution >= 0.6 is 11.3 Å². The number of alkyl halides is 3. The maximum atomic E-state index is 13.3. The lowest BCUT2D eigenvalue weighted by Gasteiger charge is -2.27. The van der Waals surface area contributed by atoms with E-state index < -0.39 is 6.36 Å². The highest BCUT2D eigenvalue weighted by atomic mass is 32.1. The molecule has 0 N–H and O–H groups in total. The highest BCUT2D eigenvalue weighted by Crippen LogP contribution is 2.35. The Bertz CT molecular complexity index is 1020. The van der Waals surface area contributed by atoms with Crippen molar-refractivity contribution in [3.63, 3.8) is 0 Å². The number of carbonyl (C=O) groups excluding carboxylic acids is 1. The van der Waals surface area contributed by atoms with Gasteiger partial charge in [0.15, 0.2) is 5.13 Å². The zero-order valence-electron chi connectivity index (χ0n) is 15.6. The molecule has 0 saturated carbocycles. The van der Waals surface area contributed by atoms with Gasteiger partial charge in [-0.05, 0) is 25.0 Å². The van der Waals surface area contributed by atoms with Gasteiger partial charge in [-0.15, -0.1) is 13.2 Å². The molecule has 3 aromatic rings. The molecule has 1 amide bonds. The Balaban J connectivity index is 1.66. The average molecular weight is 438 g/mol. The number of carbonyl (C=O) groups is 1. The van der Waals surface area contributed by atoms with Crippen LogP contribution < -0.4 is 9.64 Å². The summed E-state index contributed by atoms with van der Waals surface area (Å²) >= 11 is 1.13. The predicted octanol–water partition coefficient (Wildman–Crippen LogP) is 3.94. The summed E-state index contributed by atoms with van der Waals surface area (Å²) in [5.74, 6) is -0.642. The second-order valence-electron chi connectivity index (χ2n) is 6.73. The lowest BCUT2D eigenvalue weighted by molar-refractivity contribution is -0.274. The molecule has 0 radical (unpaired) electrons. The van der Waals surface area contributed by atoms with Crippen LogP contribution in [0.15, 0.2) is 36.9 Å². The van der Waals surface area contributed by atoms with Gasteiger partial charge in [-0.3, -0.25) is 9.69 Å². The second-order valence-corrected chi connectivity index (χ2v) is 7.74. The molecule has 1 aliphatic heterocycles. The molecule has 3 heterocycles. The third-order valence-electron chi connectivity index (χ3n) is 4.60. The fraction of sp³-hybridized carbons (Fsp3) is 0.368. The van der Waals surface area contributed by atoms with Gasteiger partial charge in [0.25, 0.3) is 0 Å². The molecule has 0 unspecified atom stereocenters. The van der Waals surface area contributed by atoms with Crippen LogP contribution in [0, 0.1) is 5.92 Å². The summed E-state index contributed by atoms with van der Waals surface area (Å²) in [5, 5.41) is 0.398. The van der Waals surface area contributed by atoms with Gasteiger partial charge in [0.2, 0.25) is 5.91 Å². The molecule has 7 nitrogen and oxygen atoms in total. The number of aromatic nitrogens is 3. The van der Waals surface area contributed by atoms with Crippen LogP contribution in [-0.4, -0.2) is 40.4 Å². The number of benzene rings is 1. The highest BCUT2D eigenvalue weighted by Gasteiger charge is 2.32. The molecule has 0 spiro atoms. The van der Waals surface area contributed by atoms with Gasteiger partial charge >= 0.3 is 6.36 Å². The molecule has 30 heavy (non-hydrogen) atoms. The first-order chi connectivity index (χ1) is 14.4. The summed E-state index contributed by atoms with van der Waals surface area (Å²) in [6, 6.07) is 3.92. The topological polar surface area (TPSA) is 77.4 Å². The van der Waals surface area contributed by atoms with Gasteiger partial charge in [-0.25, -0.2) is 15.0 Å². The normalized spacial score (nSPS) is 15.3. The number of thiazole rings is 1. The Labute approximate surface area is 173 Å². The van der Waals surface area contributed by atoms with Crippen LogP contribution in [-0.2, 0) is 16.1 Å². The summed E-state index contributed by atoms with van der Waals surface area (Å²) in [6.45, 7) is 1.23. The number of ether oxygens (including phenoxy) is 2. The molecule has 0 atom stereocenters. The third kappa shape index (κ3) is 4.85. The minimum Gasteiger partial charge on any atom is -0.406 e. The first-order valence-electron chi connectivity index (χ1n) is 9.18. The van der Waals surface area contributed by atoms with Gasteiger partial charge in [0, 0.05) is 43.2 Å². The van der Waals surface area contributed by atoms with E-state index in [1.807, 2.05) is 0 Å². The van der Waals surface area contributed by atoms with Crippen molar-refractivity contribution in [3.8, 4) is 5.75 Å². The lowest BCUT2D eigenvalue weighted by Crippen LogP contribution is -2.38. The zero-order valence-corrected chi connectivity index (χ0v) is 16.4. The molecule has 1 aromatic carbocycles. The maximum Gasteiger partial charge on any atom is 0.573 e. The van der Waals surface area contributed by atoms with Crippen molar-refractivity contribution in [1.82, 2.24) is 15.0 Å². The van der Waals surface area contributed by atoms with Crippen molar-refractivity contribution in [2.24, 2.45) is 5.92 Å². The van der Waals surface area contributed by atoms with Crippen LogP contribution in [0.1, 0.15) is 18.4 Å². The van der Waals surface area contributed by atoms with Crippen LogP contribution in [0.5, 0.6) is 5.75 Å². The molecule has 1 saturated heterocycles. The summed E-state index contributed by atoms with van der Waals surface area (Å²) in [6.07, 6.45) is 1.05. The van der Waals surface area contributed by atoms with E-state index in [0.717, 1.165) is 16.9 Å². The number of amides is 1. The van der Waals surface area contributed by atoms with Gasteiger partial charge < -0.3 is 9.47 Å². The number of fused-ring (bicyclic) bond motifs is 1. The third-order valence-corrected chi connectivity index (χ3v) is 5.65. The van der Waals surface area contributed by atoms with Crippen molar-refractivity contribution in [3.05, 3.63) is 42.5 Å². The van der Waals surface area contributed by atoms with Crippen molar-refractivity contribution in [2.45, 2.75) is 25.7 Å². The quantitative estimate of drug-likeness (QED) is 0.601. The van der Waals surface area contributed by atoms with Gasteiger partial charge in [-0.1, -0.05) is 11.3 Å². The van der Waals surface area contributed by atoms with E-state index >= 15 is 0 Å². The van der Waals surface area contributed by atoms with Gasteiger partial charge in [-0.2, -0.15) is 0 Å². The van der Waals surface area contributed by atoms with E-state index in [0.29, 0.717) is 41.4 Å². The standard InChI is InChI=1S/C19H17F3N4O3S/c20-19(21,22)29-14-1-2-15-16(7-14)30-18(25-15)26(10-12-8-23-11-24-9-12)17(27)13-3-5-28-6-4-13/h1-2,7-9,11,13H,3-6,10H2. The molecule has 0 bridgehead atoms. The van der Waals surface area contributed by atoms with E-state index in [4.69, 9.17) is 4.74 Å². The highest BCUT2D eigenvalue weighted by molar-refractivity contribution is 7.22. The van der Waals surface area contributed by atoms with Gasteiger partial charge in [0.1, 0.15) is 12.1 Å². The van der Waals surface area contributed by atoms with Crippen molar-refractivity contribution >= 4 is 32.6 Å². The van der Waals surface area contributed by atoms with E-state index in [1.54, 1.807) is 17.3 Å². The summed E-state index contributed by atoms with van der Waals surface area (Å²) in [7, 11) is 0. The summed E-state index contributed by atoms with van der Waals surface area (Å²) in [5.41, 5.74) is 1.21. The van der Waals surface area contributed by atoms with Crippen molar-refractivity contribution < 1.29 is 27.4 Å². The number of halogens is 3. The fourth-order valence-electron chi connectivity index (χ4n) is 3.20. The van der Waals surface area contributed by atoms with Crippen LogP contribution in [0.3, 0.4) is 0 Å². The number of rotatable bonds is 5. The molecule has 0 aliphatic carbocycles. The van der Waals surface area contributed by atoms with Crippen molar-refractivity contribution in [1.29, 1.82) is 0 Å². The van der Waals surface area contributed by atoms with Crippen molar-refractivity contribution in [2.75, 3.05) is 18.1 Å². The Morgan fingerprint density at radius 1 is 1.23 bits per heavy atom. The first kappa shape index (κ1) is 20.5. The molecule has 1 fully saturated rings. The number of hydrogen-bond acceptors (Lipinski definition) is 7. The maximum absolute atomic E-state index is 13.3. The Hall–Kier alpha value is -2.79. The number of nitrogens with zero attached hydrogens (tertiary/aromatic N) is 4.